The molecule has 1 atom stereocenters. The molecule has 30 heavy (non-hydrogen) atoms. The Morgan fingerprint density at radius 3 is 2.73 bits per heavy atom. The number of nitrogens with one attached hydrogen (secondary N) is 1. The number of hydrogen-bond acceptors (Lipinski definition) is 6. The van der Waals surface area contributed by atoms with Crippen LogP contribution in [0.15, 0.2) is 48.8 Å². The van der Waals surface area contributed by atoms with E-state index in [-0.39, 0.29) is 18.0 Å². The smallest absolute Gasteiger partial charge is 0.185 e. The van der Waals surface area contributed by atoms with Gasteiger partial charge in [-0.3, -0.25) is 9.78 Å². The highest BCUT2D eigenvalue weighted by molar-refractivity contribution is 7.93. The summed E-state index contributed by atoms with van der Waals surface area (Å²) in [5.74, 6) is 0.419. The molecule has 2 aliphatic rings. The van der Waals surface area contributed by atoms with Crippen molar-refractivity contribution in [2.75, 3.05) is 12.4 Å². The molecule has 0 bridgehead atoms. The Kier molecular flexibility index (Phi) is 4.94. The first-order valence-electron chi connectivity index (χ1n) is 9.65. The number of rotatable bonds is 3. The van der Waals surface area contributed by atoms with E-state index in [4.69, 9.17) is 16.3 Å². The van der Waals surface area contributed by atoms with Crippen molar-refractivity contribution in [1.29, 1.82) is 0 Å². The topological polar surface area (TPSA) is 85.4 Å². The lowest BCUT2D eigenvalue weighted by Gasteiger charge is -2.48. The quantitative estimate of drug-likeness (QED) is 0.727. The van der Waals surface area contributed by atoms with E-state index in [0.717, 1.165) is 11.1 Å². The van der Waals surface area contributed by atoms with Crippen molar-refractivity contribution in [1.82, 2.24) is 10.3 Å². The average molecular weight is 447 g/mol. The van der Waals surface area contributed by atoms with Crippen molar-refractivity contribution in [2.45, 2.75) is 37.0 Å². The van der Waals surface area contributed by atoms with E-state index in [2.05, 4.69) is 16.9 Å². The number of hydrogen-bond donors (Lipinski definition) is 1. The van der Waals surface area contributed by atoms with Crippen molar-refractivity contribution in [3.05, 3.63) is 70.6 Å². The molecule has 0 radical (unpaired) electrons. The molecule has 0 aliphatic carbocycles. The Bertz CT molecular complexity index is 1140. The Hall–Kier alpha value is -2.38. The number of ether oxygens (including phenoxy) is 1. The maximum atomic E-state index is 13.1. The Morgan fingerprint density at radius 1 is 1.30 bits per heavy atom. The van der Waals surface area contributed by atoms with E-state index in [9.17, 15) is 13.2 Å². The van der Waals surface area contributed by atoms with Crippen LogP contribution in [0.5, 0.6) is 5.75 Å². The number of fused-ring (bicyclic) bond motifs is 2. The zero-order valence-corrected chi connectivity index (χ0v) is 18.4. The zero-order chi connectivity index (χ0) is 21.7. The molecule has 158 valence electrons. The fourth-order valence-electron chi connectivity index (χ4n) is 3.92. The molecule has 1 N–H and O–H groups in total. The van der Waals surface area contributed by atoms with Crippen molar-refractivity contribution in [3.8, 4) is 5.75 Å². The number of aromatic nitrogens is 1. The number of ketones is 1. The number of carbonyl (C=O) groups excluding carboxylic acids is 1. The lowest BCUT2D eigenvalue weighted by atomic mass is 9.83. The van der Waals surface area contributed by atoms with E-state index in [1.165, 1.54) is 6.20 Å². The SMILES string of the molecule is C=C1N[C@@]2(CCOc3ccc(CC(=O)c4ccc(Cl)cn4)cc32)CS(=O)(=O)C1(C)C. The average Bonchev–Trinajstić information content (AvgIpc) is 2.67. The Labute approximate surface area is 181 Å². The first-order valence-corrected chi connectivity index (χ1v) is 11.7. The molecule has 1 fully saturated rings. The van der Waals surface area contributed by atoms with Crippen LogP contribution in [-0.2, 0) is 21.8 Å². The van der Waals surface area contributed by atoms with Crippen LogP contribution in [0.3, 0.4) is 0 Å². The van der Waals surface area contributed by atoms with Crippen molar-refractivity contribution >= 4 is 27.2 Å². The summed E-state index contributed by atoms with van der Waals surface area (Å²) >= 11 is 5.84. The summed E-state index contributed by atoms with van der Waals surface area (Å²) in [5.41, 5.74) is 1.47. The largest absolute Gasteiger partial charge is 0.493 e. The number of halogens is 1. The van der Waals surface area contributed by atoms with Gasteiger partial charge in [0.2, 0.25) is 0 Å². The minimum Gasteiger partial charge on any atom is -0.493 e. The molecule has 4 rings (SSSR count). The summed E-state index contributed by atoms with van der Waals surface area (Å²) in [6.45, 7) is 7.73. The van der Waals surface area contributed by atoms with Gasteiger partial charge in [0, 0.05) is 30.3 Å². The molecular weight excluding hydrogens is 424 g/mol. The predicted molar refractivity (Wildman–Crippen MR) is 116 cm³/mol. The van der Waals surface area contributed by atoms with Crippen LogP contribution in [0, 0.1) is 0 Å². The number of Topliss-reactive ketones (excluding diaryl/α,β-unsaturated/α-hetero) is 1. The molecule has 1 spiro atoms. The highest BCUT2D eigenvalue weighted by Gasteiger charge is 2.53. The molecule has 0 amide bonds. The van der Waals surface area contributed by atoms with Crippen LogP contribution < -0.4 is 10.1 Å². The fraction of sp³-hybridized carbons (Fsp3) is 0.364. The van der Waals surface area contributed by atoms with Crippen LogP contribution in [0.1, 0.15) is 41.9 Å². The van der Waals surface area contributed by atoms with Gasteiger partial charge in [0.15, 0.2) is 15.6 Å². The molecule has 6 nitrogen and oxygen atoms in total. The van der Waals surface area contributed by atoms with Gasteiger partial charge in [0.1, 0.15) is 16.2 Å². The number of nitrogens with zero attached hydrogens (tertiary/aromatic N) is 1. The van der Waals surface area contributed by atoms with Gasteiger partial charge in [-0.05, 0) is 43.7 Å². The van der Waals surface area contributed by atoms with Crippen molar-refractivity contribution < 1.29 is 17.9 Å². The first kappa shape index (κ1) is 20.9. The van der Waals surface area contributed by atoms with Gasteiger partial charge in [-0.2, -0.15) is 0 Å². The van der Waals surface area contributed by atoms with Gasteiger partial charge in [-0.25, -0.2) is 8.42 Å². The highest BCUT2D eigenvalue weighted by atomic mass is 35.5. The normalized spacial score (nSPS) is 23.9. The summed E-state index contributed by atoms with van der Waals surface area (Å²) in [5, 5.41) is 3.85. The molecule has 2 aromatic rings. The van der Waals surface area contributed by atoms with E-state index >= 15 is 0 Å². The van der Waals surface area contributed by atoms with Crippen molar-refractivity contribution in [3.63, 3.8) is 0 Å². The molecule has 8 heteroatoms. The second-order valence-corrected chi connectivity index (χ2v) is 11.3. The third-order valence-corrected chi connectivity index (χ3v) is 8.95. The number of benzene rings is 1. The summed E-state index contributed by atoms with van der Waals surface area (Å²) < 4.78 is 30.9. The van der Waals surface area contributed by atoms with Crippen LogP contribution in [0.4, 0.5) is 0 Å². The standard InChI is InChI=1S/C22H23ClN2O4S/c1-14-21(2,3)30(27,28)13-22(25-14)8-9-29-20-7-4-15(10-17(20)22)11-19(26)18-6-5-16(23)12-24-18/h4-7,10,12,25H,1,8-9,11,13H2,2-3H3/t22-/m0/s1. The molecule has 1 aromatic carbocycles. The maximum Gasteiger partial charge on any atom is 0.185 e. The van der Waals surface area contributed by atoms with Crippen LogP contribution >= 0.6 is 11.6 Å². The molecule has 2 aliphatic heterocycles. The lowest BCUT2D eigenvalue weighted by Crippen LogP contribution is -2.61. The molecular formula is C22H23ClN2O4S. The van der Waals surface area contributed by atoms with E-state index in [1.807, 2.05) is 12.1 Å². The van der Waals surface area contributed by atoms with Gasteiger partial charge in [-0.1, -0.05) is 24.2 Å². The third kappa shape index (κ3) is 3.40. The fourth-order valence-corrected chi connectivity index (χ4v) is 5.84. The Balaban J connectivity index is 1.69. The van der Waals surface area contributed by atoms with Gasteiger partial charge in [0.05, 0.1) is 22.9 Å². The van der Waals surface area contributed by atoms with E-state index in [1.54, 1.807) is 32.0 Å². The second-order valence-electron chi connectivity index (χ2n) is 8.35. The monoisotopic (exact) mass is 446 g/mol. The number of carbonyl (C=O) groups is 1. The summed E-state index contributed by atoms with van der Waals surface area (Å²) in [6.07, 6.45) is 2.07. The predicted octanol–water partition coefficient (Wildman–Crippen LogP) is 3.45. The van der Waals surface area contributed by atoms with Crippen molar-refractivity contribution in [2.24, 2.45) is 0 Å². The van der Waals surface area contributed by atoms with Gasteiger partial charge >= 0.3 is 0 Å². The van der Waals surface area contributed by atoms with Crippen LogP contribution in [0.2, 0.25) is 5.02 Å². The lowest BCUT2D eigenvalue weighted by molar-refractivity contribution is 0.0988. The first-order chi connectivity index (χ1) is 14.0. The van der Waals surface area contributed by atoms with Gasteiger partial charge in [0.25, 0.3) is 0 Å². The summed E-state index contributed by atoms with van der Waals surface area (Å²) in [6, 6.07) is 8.69. The number of pyridine rings is 1. The number of sulfone groups is 1. The molecule has 3 heterocycles. The van der Waals surface area contributed by atoms with Crippen LogP contribution in [0.25, 0.3) is 0 Å². The minimum atomic E-state index is -3.45. The maximum absolute atomic E-state index is 13.1. The molecule has 0 saturated carbocycles. The minimum absolute atomic E-state index is 0.0570. The second kappa shape index (κ2) is 7.10. The molecule has 0 unspecified atom stereocenters. The van der Waals surface area contributed by atoms with Crippen LogP contribution in [-0.4, -0.2) is 36.3 Å². The third-order valence-electron chi connectivity index (χ3n) is 6.05. The van der Waals surface area contributed by atoms with Gasteiger partial charge in [-0.15, -0.1) is 0 Å². The summed E-state index contributed by atoms with van der Waals surface area (Å²) in [4.78, 5) is 16.7. The molecule has 1 aromatic heterocycles. The van der Waals surface area contributed by atoms with E-state index in [0.29, 0.717) is 35.2 Å². The zero-order valence-electron chi connectivity index (χ0n) is 16.9. The van der Waals surface area contributed by atoms with E-state index < -0.39 is 20.1 Å². The summed E-state index contributed by atoms with van der Waals surface area (Å²) in [7, 11) is -3.45. The molecule has 1 saturated heterocycles. The highest BCUT2D eigenvalue weighted by Crippen LogP contribution is 2.45. The Morgan fingerprint density at radius 2 is 2.07 bits per heavy atom. The van der Waals surface area contributed by atoms with Gasteiger partial charge < -0.3 is 10.1 Å².